The van der Waals surface area contributed by atoms with Gasteiger partial charge in [0, 0.05) is 22.6 Å². The van der Waals surface area contributed by atoms with E-state index in [1.807, 2.05) is 24.3 Å². The lowest BCUT2D eigenvalue weighted by atomic mass is 9.89. The molecule has 0 aliphatic heterocycles. The van der Waals surface area contributed by atoms with Gasteiger partial charge in [0.2, 0.25) is 0 Å². The van der Waals surface area contributed by atoms with Crippen molar-refractivity contribution < 1.29 is 0 Å². The molecule has 6 aromatic rings. The first kappa shape index (κ1) is 19.2. The normalized spacial score (nSPS) is 11.4. The molecule has 6 rings (SSSR count). The van der Waals surface area contributed by atoms with Gasteiger partial charge in [-0.2, -0.15) is 0 Å². The van der Waals surface area contributed by atoms with E-state index >= 15 is 0 Å². The van der Waals surface area contributed by atoms with E-state index in [1.54, 1.807) is 0 Å². The summed E-state index contributed by atoms with van der Waals surface area (Å²) < 4.78 is 0. The molecule has 0 unspecified atom stereocenters. The van der Waals surface area contributed by atoms with Crippen molar-refractivity contribution in [1.29, 1.82) is 0 Å². The van der Waals surface area contributed by atoms with Crippen LogP contribution in [0, 0.1) is 0 Å². The van der Waals surface area contributed by atoms with Gasteiger partial charge in [0.25, 0.3) is 0 Å². The van der Waals surface area contributed by atoms with Gasteiger partial charge < -0.3 is 17.2 Å². The second-order valence-electron chi connectivity index (χ2n) is 8.58. The van der Waals surface area contributed by atoms with Gasteiger partial charge in [0.15, 0.2) is 0 Å². The predicted octanol–water partition coefficient (Wildman–Crippen LogP) is 7.23. The Labute approximate surface area is 192 Å². The van der Waals surface area contributed by atoms with Gasteiger partial charge in [-0.25, -0.2) is 0 Å². The fraction of sp³-hybridized carbons (Fsp3) is 0. The smallest absolute Gasteiger partial charge is 0.0406 e. The molecule has 0 heterocycles. The van der Waals surface area contributed by atoms with Crippen LogP contribution in [0.25, 0.3) is 54.6 Å². The number of nitrogen functional groups attached to an aromatic ring is 3. The highest BCUT2D eigenvalue weighted by Crippen LogP contribution is 2.41. The molecular formula is C30H23N3. The molecule has 0 fully saturated rings. The molecule has 0 atom stereocenters. The lowest BCUT2D eigenvalue weighted by Crippen LogP contribution is -1.95. The molecule has 3 nitrogen and oxygen atoms in total. The third-order valence-corrected chi connectivity index (χ3v) is 6.40. The van der Waals surface area contributed by atoms with Gasteiger partial charge in [0.05, 0.1) is 0 Å². The van der Waals surface area contributed by atoms with E-state index in [0.29, 0.717) is 0 Å². The Hall–Kier alpha value is -4.50. The summed E-state index contributed by atoms with van der Waals surface area (Å²) in [7, 11) is 0. The lowest BCUT2D eigenvalue weighted by Gasteiger charge is -2.16. The molecular weight excluding hydrogens is 402 g/mol. The average Bonchev–Trinajstić information content (AvgIpc) is 2.83. The van der Waals surface area contributed by atoms with Crippen LogP contribution in [0.4, 0.5) is 17.1 Å². The summed E-state index contributed by atoms with van der Waals surface area (Å²) in [5.74, 6) is 0. The minimum absolute atomic E-state index is 0.760. The number of nitrogens with two attached hydrogens (primary N) is 3. The predicted molar refractivity (Wildman–Crippen MR) is 143 cm³/mol. The van der Waals surface area contributed by atoms with Crippen molar-refractivity contribution in [3.63, 3.8) is 0 Å². The maximum atomic E-state index is 6.72. The average molecular weight is 426 g/mol. The molecule has 0 saturated carbocycles. The summed E-state index contributed by atoms with van der Waals surface area (Å²) in [6.45, 7) is 0. The first-order valence-corrected chi connectivity index (χ1v) is 11.0. The number of hydrogen-bond acceptors (Lipinski definition) is 3. The molecule has 3 heteroatoms. The summed E-state index contributed by atoms with van der Waals surface area (Å²) in [4.78, 5) is 0. The molecule has 6 aromatic carbocycles. The zero-order valence-corrected chi connectivity index (χ0v) is 18.0. The Balaban J connectivity index is 1.58. The van der Waals surface area contributed by atoms with Crippen LogP contribution in [0.3, 0.4) is 0 Å². The summed E-state index contributed by atoms with van der Waals surface area (Å²) in [6.07, 6.45) is 0. The molecule has 0 bridgehead atoms. The standard InChI is InChI=1S/C30H23N3/c31-24-11-9-18-13-22(7-5-20(18)15-24)28-17-29(33)30(27-4-2-1-3-26(27)28)23-8-6-21-16-25(32)12-10-19(21)14-23/h1-17H,31-33H2. The van der Waals surface area contributed by atoms with Gasteiger partial charge in [-0.15, -0.1) is 0 Å². The minimum Gasteiger partial charge on any atom is -0.399 e. The van der Waals surface area contributed by atoms with Crippen LogP contribution >= 0.6 is 0 Å². The SMILES string of the molecule is Nc1ccc2cc(-c3cc(N)c(-c4ccc5cc(N)ccc5c4)c4ccccc34)ccc2c1. The Morgan fingerprint density at radius 1 is 0.424 bits per heavy atom. The van der Waals surface area contributed by atoms with Gasteiger partial charge in [0.1, 0.15) is 0 Å². The van der Waals surface area contributed by atoms with Gasteiger partial charge in [-0.1, -0.05) is 60.7 Å². The first-order valence-electron chi connectivity index (χ1n) is 11.0. The van der Waals surface area contributed by atoms with Crippen LogP contribution in [0.15, 0.2) is 103 Å². The van der Waals surface area contributed by atoms with Crippen LogP contribution in [0.5, 0.6) is 0 Å². The van der Waals surface area contributed by atoms with Gasteiger partial charge in [-0.05, 0) is 91.5 Å². The van der Waals surface area contributed by atoms with Crippen LogP contribution in [-0.4, -0.2) is 0 Å². The van der Waals surface area contributed by atoms with E-state index in [9.17, 15) is 0 Å². The summed E-state index contributed by atoms with van der Waals surface area (Å²) >= 11 is 0. The van der Waals surface area contributed by atoms with E-state index in [2.05, 4.69) is 78.9 Å². The van der Waals surface area contributed by atoms with Crippen LogP contribution < -0.4 is 17.2 Å². The minimum atomic E-state index is 0.760. The summed E-state index contributed by atoms with van der Waals surface area (Å²) in [6, 6.07) is 35.5. The van der Waals surface area contributed by atoms with Crippen molar-refractivity contribution in [1.82, 2.24) is 0 Å². The Bertz CT molecular complexity index is 1700. The van der Waals surface area contributed by atoms with Crippen LogP contribution in [-0.2, 0) is 0 Å². The third-order valence-electron chi connectivity index (χ3n) is 6.40. The molecule has 0 spiro atoms. The molecule has 6 N–H and O–H groups in total. The number of anilines is 3. The van der Waals surface area contributed by atoms with Crippen LogP contribution in [0.2, 0.25) is 0 Å². The second-order valence-corrected chi connectivity index (χ2v) is 8.58. The Kier molecular flexibility index (Phi) is 4.24. The fourth-order valence-electron chi connectivity index (χ4n) is 4.81. The van der Waals surface area contributed by atoms with Crippen molar-refractivity contribution in [2.75, 3.05) is 17.2 Å². The fourth-order valence-corrected chi connectivity index (χ4v) is 4.81. The molecule has 0 saturated heterocycles. The highest BCUT2D eigenvalue weighted by atomic mass is 14.6. The number of fused-ring (bicyclic) bond motifs is 3. The van der Waals surface area contributed by atoms with E-state index in [4.69, 9.17) is 17.2 Å². The molecule has 0 radical (unpaired) electrons. The van der Waals surface area contributed by atoms with Crippen molar-refractivity contribution in [2.24, 2.45) is 0 Å². The summed E-state index contributed by atoms with van der Waals surface area (Å²) in [5, 5.41) is 6.86. The third kappa shape index (κ3) is 3.22. The molecule has 33 heavy (non-hydrogen) atoms. The Morgan fingerprint density at radius 3 is 1.61 bits per heavy atom. The van der Waals surface area contributed by atoms with Crippen molar-refractivity contribution in [2.45, 2.75) is 0 Å². The van der Waals surface area contributed by atoms with Gasteiger partial charge >= 0.3 is 0 Å². The second kappa shape index (κ2) is 7.28. The highest BCUT2D eigenvalue weighted by Gasteiger charge is 2.14. The van der Waals surface area contributed by atoms with Crippen LogP contribution in [0.1, 0.15) is 0 Å². The molecule has 0 amide bonds. The van der Waals surface area contributed by atoms with E-state index in [-0.39, 0.29) is 0 Å². The van der Waals surface area contributed by atoms with Crippen molar-refractivity contribution >= 4 is 49.4 Å². The zero-order valence-electron chi connectivity index (χ0n) is 18.0. The number of benzene rings is 6. The quantitative estimate of drug-likeness (QED) is 0.256. The lowest BCUT2D eigenvalue weighted by molar-refractivity contribution is 1.64. The molecule has 158 valence electrons. The van der Waals surface area contributed by atoms with Crippen molar-refractivity contribution in [3.8, 4) is 22.3 Å². The Morgan fingerprint density at radius 2 is 0.939 bits per heavy atom. The first-order chi connectivity index (χ1) is 16.1. The monoisotopic (exact) mass is 425 g/mol. The number of hydrogen-bond donors (Lipinski definition) is 3. The van der Waals surface area contributed by atoms with E-state index < -0.39 is 0 Å². The van der Waals surface area contributed by atoms with E-state index in [1.165, 1.54) is 5.39 Å². The zero-order chi connectivity index (χ0) is 22.5. The maximum absolute atomic E-state index is 6.72. The highest BCUT2D eigenvalue weighted by molar-refractivity contribution is 6.11. The largest absolute Gasteiger partial charge is 0.399 e. The van der Waals surface area contributed by atoms with E-state index in [0.717, 1.165) is 66.2 Å². The molecule has 0 aromatic heterocycles. The summed E-state index contributed by atoms with van der Waals surface area (Å²) in [5.41, 5.74) is 25.4. The topological polar surface area (TPSA) is 78.1 Å². The molecule has 0 aliphatic rings. The van der Waals surface area contributed by atoms with Gasteiger partial charge in [-0.3, -0.25) is 0 Å². The maximum Gasteiger partial charge on any atom is 0.0406 e. The number of rotatable bonds is 2. The molecule has 0 aliphatic carbocycles. The van der Waals surface area contributed by atoms with Crippen molar-refractivity contribution in [3.05, 3.63) is 103 Å².